The summed E-state index contributed by atoms with van der Waals surface area (Å²) in [4.78, 5) is 4.36. The van der Waals surface area contributed by atoms with Crippen LogP contribution in [0.5, 0.6) is 0 Å². The van der Waals surface area contributed by atoms with Crippen LogP contribution in [0.4, 0.5) is 11.4 Å². The lowest BCUT2D eigenvalue weighted by Crippen LogP contribution is -2.15. The molecule has 2 N–H and O–H groups in total. The normalized spacial score (nSPS) is 22.6. The summed E-state index contributed by atoms with van der Waals surface area (Å²) in [7, 11) is 0. The molecule has 2 aliphatic rings. The monoisotopic (exact) mass is 455 g/mol. The van der Waals surface area contributed by atoms with Gasteiger partial charge in [0.25, 0.3) is 0 Å². The lowest BCUT2D eigenvalue weighted by atomic mass is 9.92. The minimum atomic E-state index is 0.265. The summed E-state index contributed by atoms with van der Waals surface area (Å²) in [5.74, 6) is 1.10. The van der Waals surface area contributed by atoms with Gasteiger partial charge in [-0.3, -0.25) is 4.98 Å². The molecule has 0 saturated heterocycles. The molecule has 0 amide bonds. The summed E-state index contributed by atoms with van der Waals surface area (Å²) >= 11 is 6.54. The number of hydrogen-bond acceptors (Lipinski definition) is 3. The molecule has 0 radical (unpaired) electrons. The van der Waals surface area contributed by atoms with Gasteiger partial charge in [-0.05, 0) is 56.2 Å². The fourth-order valence-electron chi connectivity index (χ4n) is 5.40. The summed E-state index contributed by atoms with van der Waals surface area (Å²) in [6, 6.07) is 17.0. The summed E-state index contributed by atoms with van der Waals surface area (Å²) in [6.45, 7) is 13.1. The van der Waals surface area contributed by atoms with Crippen LogP contribution in [0.3, 0.4) is 0 Å². The quantitative estimate of drug-likeness (QED) is 0.382. The second-order valence-electron chi connectivity index (χ2n) is 9.65. The number of aryl methyl sites for hydroxylation is 3. The van der Waals surface area contributed by atoms with Gasteiger partial charge in [0, 0.05) is 57.5 Å². The van der Waals surface area contributed by atoms with Gasteiger partial charge in [-0.25, -0.2) is 0 Å². The van der Waals surface area contributed by atoms with Crippen molar-refractivity contribution in [3.05, 3.63) is 106 Å². The largest absolute Gasteiger partial charge is 0.359 e. The molecule has 1 aromatic heterocycles. The smallest absolute Gasteiger partial charge is 0.0500 e. The molecule has 0 aliphatic heterocycles. The molecule has 33 heavy (non-hydrogen) atoms. The number of halogens is 1. The average molecular weight is 456 g/mol. The Morgan fingerprint density at radius 3 is 2.52 bits per heavy atom. The fourth-order valence-corrected chi connectivity index (χ4v) is 5.63. The Kier molecular flexibility index (Phi) is 5.33. The van der Waals surface area contributed by atoms with E-state index in [1.54, 1.807) is 0 Å². The molecular formula is C29H30ClN3. The first-order chi connectivity index (χ1) is 15.8. The van der Waals surface area contributed by atoms with E-state index in [1.165, 1.54) is 22.4 Å². The maximum absolute atomic E-state index is 6.54. The highest BCUT2D eigenvalue weighted by molar-refractivity contribution is 6.32. The van der Waals surface area contributed by atoms with Crippen molar-refractivity contribution in [2.75, 3.05) is 10.6 Å². The van der Waals surface area contributed by atoms with Crippen LogP contribution in [0.1, 0.15) is 47.7 Å². The van der Waals surface area contributed by atoms with Crippen molar-refractivity contribution in [2.45, 2.75) is 40.0 Å². The van der Waals surface area contributed by atoms with Crippen LogP contribution >= 0.6 is 11.6 Å². The van der Waals surface area contributed by atoms with Gasteiger partial charge in [0.15, 0.2) is 0 Å². The van der Waals surface area contributed by atoms with Gasteiger partial charge in [-0.1, -0.05) is 67.4 Å². The molecule has 4 heteroatoms. The Labute approximate surface area is 201 Å². The molecule has 2 aromatic carbocycles. The highest BCUT2D eigenvalue weighted by Gasteiger charge is 2.68. The molecule has 1 heterocycles. The second-order valence-corrected chi connectivity index (χ2v) is 10.1. The lowest BCUT2D eigenvalue weighted by Gasteiger charge is -2.23. The second kappa shape index (κ2) is 8.07. The molecular weight excluding hydrogens is 426 g/mol. The van der Waals surface area contributed by atoms with Crippen LogP contribution in [0, 0.1) is 25.2 Å². The molecule has 3 atom stereocenters. The molecule has 0 spiro atoms. The van der Waals surface area contributed by atoms with Crippen molar-refractivity contribution in [2.24, 2.45) is 11.3 Å². The van der Waals surface area contributed by atoms with E-state index in [4.69, 9.17) is 11.6 Å². The molecule has 1 fully saturated rings. The number of allylic oxidation sites excluding steroid dienone is 2. The Morgan fingerprint density at radius 1 is 1.03 bits per heavy atom. The number of anilines is 2. The van der Waals surface area contributed by atoms with Crippen molar-refractivity contribution in [1.29, 1.82) is 0 Å². The van der Waals surface area contributed by atoms with E-state index in [9.17, 15) is 0 Å². The van der Waals surface area contributed by atoms with Gasteiger partial charge in [0.2, 0.25) is 0 Å². The number of hydrogen-bond donors (Lipinski definition) is 2. The van der Waals surface area contributed by atoms with Gasteiger partial charge < -0.3 is 10.6 Å². The van der Waals surface area contributed by atoms with Gasteiger partial charge >= 0.3 is 0 Å². The van der Waals surface area contributed by atoms with Crippen LogP contribution in [0.15, 0.2) is 73.1 Å². The minimum Gasteiger partial charge on any atom is -0.359 e. The average Bonchev–Trinajstić information content (AvgIpc) is 3.28. The van der Waals surface area contributed by atoms with Gasteiger partial charge in [-0.2, -0.15) is 0 Å². The van der Waals surface area contributed by atoms with Crippen LogP contribution in [-0.4, -0.2) is 4.98 Å². The summed E-state index contributed by atoms with van der Waals surface area (Å²) in [5, 5.41) is 7.71. The predicted octanol–water partition coefficient (Wildman–Crippen LogP) is 7.73. The topological polar surface area (TPSA) is 37.0 Å². The molecule has 168 valence electrons. The van der Waals surface area contributed by atoms with E-state index in [0.29, 0.717) is 16.9 Å². The lowest BCUT2D eigenvalue weighted by molar-refractivity contribution is 0.604. The maximum Gasteiger partial charge on any atom is 0.0500 e. The van der Waals surface area contributed by atoms with E-state index in [1.807, 2.05) is 30.5 Å². The molecule has 5 rings (SSSR count). The summed E-state index contributed by atoms with van der Waals surface area (Å²) < 4.78 is 0. The van der Waals surface area contributed by atoms with Crippen molar-refractivity contribution < 1.29 is 0 Å². The van der Waals surface area contributed by atoms with Crippen molar-refractivity contribution in [3.8, 4) is 0 Å². The van der Waals surface area contributed by atoms with E-state index in [0.717, 1.165) is 34.8 Å². The number of nitrogens with one attached hydrogen (secondary N) is 2. The SMILES string of the molecule is C=C(Nc1ccnc(CC)c1)c1cc(NC2=CC3(C)C2C3c2cc(C)cc(C)c2)ccc1Cl. The summed E-state index contributed by atoms with van der Waals surface area (Å²) in [6.07, 6.45) is 5.10. The Balaban J connectivity index is 1.31. The first kappa shape index (κ1) is 21.8. The van der Waals surface area contributed by atoms with Crippen molar-refractivity contribution in [3.63, 3.8) is 0 Å². The third-order valence-corrected chi connectivity index (χ3v) is 7.35. The molecule has 3 nitrogen and oxygen atoms in total. The van der Waals surface area contributed by atoms with E-state index in [-0.39, 0.29) is 5.41 Å². The standard InChI is InChI=1S/C29H30ClN3/c1-6-21-14-23(9-10-31-21)32-19(4)24-15-22(7-8-25(24)30)33-26-16-29(5)27(28(26)29)20-12-17(2)11-18(3)13-20/h7-16,27-28,33H,4,6H2,1-3,5H3,(H,31,32). The van der Waals surface area contributed by atoms with Crippen molar-refractivity contribution >= 4 is 28.7 Å². The van der Waals surface area contributed by atoms with Gasteiger partial charge in [0.1, 0.15) is 0 Å². The van der Waals surface area contributed by atoms with E-state index < -0.39 is 0 Å². The Hall–Kier alpha value is -3.04. The third kappa shape index (κ3) is 3.95. The Bertz CT molecular complexity index is 1270. The third-order valence-electron chi connectivity index (χ3n) is 7.02. The van der Waals surface area contributed by atoms with Crippen LogP contribution in [-0.2, 0) is 6.42 Å². The highest BCUT2D eigenvalue weighted by atomic mass is 35.5. The molecule has 0 bridgehead atoms. The van der Waals surface area contributed by atoms with Crippen LogP contribution < -0.4 is 10.6 Å². The predicted molar refractivity (Wildman–Crippen MR) is 140 cm³/mol. The van der Waals surface area contributed by atoms with Crippen molar-refractivity contribution in [1.82, 2.24) is 4.98 Å². The number of nitrogens with zero attached hydrogens (tertiary/aromatic N) is 1. The van der Waals surface area contributed by atoms with Gasteiger partial charge in [-0.15, -0.1) is 0 Å². The first-order valence-electron chi connectivity index (χ1n) is 11.6. The van der Waals surface area contributed by atoms with Crippen LogP contribution in [0.25, 0.3) is 5.70 Å². The fraction of sp³-hybridized carbons (Fsp3) is 0.276. The van der Waals surface area contributed by atoms with Gasteiger partial charge in [0.05, 0.1) is 5.02 Å². The highest BCUT2D eigenvalue weighted by Crippen LogP contribution is 2.75. The minimum absolute atomic E-state index is 0.265. The maximum atomic E-state index is 6.54. The van der Waals surface area contributed by atoms with E-state index in [2.05, 4.69) is 80.2 Å². The molecule has 3 unspecified atom stereocenters. The summed E-state index contributed by atoms with van der Waals surface area (Å²) in [5.41, 5.74) is 10.4. The first-order valence-corrected chi connectivity index (χ1v) is 11.9. The molecule has 2 aliphatic carbocycles. The zero-order valence-corrected chi connectivity index (χ0v) is 20.4. The van der Waals surface area contributed by atoms with Crippen LogP contribution in [0.2, 0.25) is 5.02 Å². The number of rotatable bonds is 7. The molecule has 3 aromatic rings. The van der Waals surface area contributed by atoms with E-state index >= 15 is 0 Å². The number of fused-ring (bicyclic) bond motifs is 1. The number of pyridine rings is 1. The zero-order chi connectivity index (χ0) is 23.3. The number of aromatic nitrogens is 1. The molecule has 1 saturated carbocycles. The Morgan fingerprint density at radius 2 is 1.79 bits per heavy atom. The zero-order valence-electron chi connectivity index (χ0n) is 19.7. The number of benzene rings is 2.